The summed E-state index contributed by atoms with van der Waals surface area (Å²) in [5.41, 5.74) is 3.56. The number of carbonyl (C=O) groups excluding carboxylic acids is 3. The maximum absolute atomic E-state index is 12.9. The third kappa shape index (κ3) is 9.29. The number of hydrogen-bond donors (Lipinski definition) is 3. The number of benzene rings is 3. The van der Waals surface area contributed by atoms with Gasteiger partial charge in [0.2, 0.25) is 5.91 Å². The van der Waals surface area contributed by atoms with Crippen LogP contribution in [0.25, 0.3) is 22.4 Å². The van der Waals surface area contributed by atoms with E-state index in [1.165, 1.54) is 11.3 Å². The van der Waals surface area contributed by atoms with Crippen LogP contribution in [0.15, 0.2) is 72.1 Å². The highest BCUT2D eigenvalue weighted by Crippen LogP contribution is 2.31. The van der Waals surface area contributed by atoms with Crippen molar-refractivity contribution in [1.82, 2.24) is 15.6 Å². The molecule has 0 radical (unpaired) electrons. The van der Waals surface area contributed by atoms with Gasteiger partial charge in [0.05, 0.1) is 12.2 Å². The SMILES string of the molecule is CC(C)(C)OC(=O)NCC(C)(C)c1cccc(C(=O)NCC(=O)Nc2nc(-c3cccc(-c4cc(Cl)cc(Cl)c4)c3)cs2)c1. The third-order valence-corrected chi connectivity index (χ3v) is 7.69. The van der Waals surface area contributed by atoms with E-state index in [0.29, 0.717) is 33.0 Å². The topological polar surface area (TPSA) is 109 Å². The van der Waals surface area contributed by atoms with Gasteiger partial charge in [0, 0.05) is 38.5 Å². The minimum absolute atomic E-state index is 0.230. The highest BCUT2D eigenvalue weighted by atomic mass is 35.5. The van der Waals surface area contributed by atoms with E-state index in [0.717, 1.165) is 22.3 Å². The second-order valence-electron chi connectivity index (χ2n) is 11.8. The second kappa shape index (κ2) is 13.8. The van der Waals surface area contributed by atoms with Gasteiger partial charge >= 0.3 is 6.09 Å². The Morgan fingerprint density at radius 1 is 0.841 bits per heavy atom. The molecule has 0 saturated carbocycles. The molecule has 1 aromatic heterocycles. The molecular formula is C33H34Cl2N4O4S. The van der Waals surface area contributed by atoms with Crippen molar-refractivity contribution < 1.29 is 19.1 Å². The van der Waals surface area contributed by atoms with Gasteiger partial charge in [-0.2, -0.15) is 0 Å². The van der Waals surface area contributed by atoms with Crippen LogP contribution in [-0.2, 0) is 14.9 Å². The number of carbonyl (C=O) groups is 3. The zero-order valence-electron chi connectivity index (χ0n) is 25.1. The van der Waals surface area contributed by atoms with Gasteiger partial charge in [-0.05, 0) is 73.9 Å². The van der Waals surface area contributed by atoms with Crippen LogP contribution in [0.3, 0.4) is 0 Å². The number of hydrogen-bond acceptors (Lipinski definition) is 6. The summed E-state index contributed by atoms with van der Waals surface area (Å²) >= 11 is 13.6. The van der Waals surface area contributed by atoms with Crippen molar-refractivity contribution in [3.63, 3.8) is 0 Å². The molecule has 0 fully saturated rings. The first-order valence-electron chi connectivity index (χ1n) is 13.9. The molecule has 1 heterocycles. The molecule has 11 heteroatoms. The molecule has 0 atom stereocenters. The first-order valence-corrected chi connectivity index (χ1v) is 15.5. The zero-order valence-corrected chi connectivity index (χ0v) is 27.4. The van der Waals surface area contributed by atoms with Crippen molar-refractivity contribution in [2.75, 3.05) is 18.4 Å². The van der Waals surface area contributed by atoms with Crippen molar-refractivity contribution in [3.8, 4) is 22.4 Å². The molecule has 44 heavy (non-hydrogen) atoms. The van der Waals surface area contributed by atoms with Gasteiger partial charge < -0.3 is 20.7 Å². The Balaban J connectivity index is 1.33. The van der Waals surface area contributed by atoms with Gasteiger partial charge in [0.1, 0.15) is 5.60 Å². The summed E-state index contributed by atoms with van der Waals surface area (Å²) < 4.78 is 5.32. The standard InChI is InChI=1S/C33H34Cl2N4O4S/c1-32(2,3)43-31(42)37-19-33(4,5)24-11-7-10-22(13-24)29(41)36-17-28(40)39-30-38-27(18-44-30)21-9-6-8-20(12-21)23-14-25(34)16-26(35)15-23/h6-16,18H,17,19H2,1-5H3,(H,36,41)(H,37,42)(H,38,39,40). The summed E-state index contributed by atoms with van der Waals surface area (Å²) in [6, 6.07) is 20.2. The average Bonchev–Trinajstić information content (AvgIpc) is 3.42. The summed E-state index contributed by atoms with van der Waals surface area (Å²) in [6.45, 7) is 9.40. The number of thiazole rings is 1. The van der Waals surface area contributed by atoms with Gasteiger partial charge in [-0.3, -0.25) is 9.59 Å². The molecule has 0 aliphatic rings. The van der Waals surface area contributed by atoms with Gasteiger partial charge in [-0.15, -0.1) is 11.3 Å². The van der Waals surface area contributed by atoms with Gasteiger partial charge in [0.15, 0.2) is 5.13 Å². The van der Waals surface area contributed by atoms with Crippen LogP contribution >= 0.6 is 34.5 Å². The van der Waals surface area contributed by atoms with Gasteiger partial charge in [0.25, 0.3) is 5.91 Å². The molecule has 3 N–H and O–H groups in total. The molecule has 8 nitrogen and oxygen atoms in total. The maximum Gasteiger partial charge on any atom is 0.407 e. The summed E-state index contributed by atoms with van der Waals surface area (Å²) in [5.74, 6) is -0.796. The molecule has 0 bridgehead atoms. The monoisotopic (exact) mass is 652 g/mol. The lowest BCUT2D eigenvalue weighted by Gasteiger charge is -2.27. The van der Waals surface area contributed by atoms with Crippen molar-refractivity contribution in [2.24, 2.45) is 0 Å². The number of anilines is 1. The fourth-order valence-corrected chi connectivity index (χ4v) is 5.52. The summed E-state index contributed by atoms with van der Waals surface area (Å²) in [5, 5.41) is 11.6. The van der Waals surface area contributed by atoms with Crippen LogP contribution in [0.1, 0.15) is 50.5 Å². The Hall–Kier alpha value is -3.92. The smallest absolute Gasteiger partial charge is 0.407 e. The fraction of sp³-hybridized carbons (Fsp3) is 0.273. The lowest BCUT2D eigenvalue weighted by Crippen LogP contribution is -2.40. The Bertz CT molecular complexity index is 1660. The number of nitrogens with zero attached hydrogens (tertiary/aromatic N) is 1. The maximum atomic E-state index is 12.9. The number of alkyl carbamates (subject to hydrolysis) is 1. The lowest BCUT2D eigenvalue weighted by molar-refractivity contribution is -0.115. The Kier molecular flexibility index (Phi) is 10.3. The van der Waals surface area contributed by atoms with E-state index < -0.39 is 28.9 Å². The van der Waals surface area contributed by atoms with Gasteiger partial charge in [-0.25, -0.2) is 9.78 Å². The molecule has 0 saturated heterocycles. The molecule has 4 rings (SSSR count). The van der Waals surface area contributed by atoms with Crippen LogP contribution in [0.4, 0.5) is 9.93 Å². The van der Waals surface area contributed by atoms with E-state index in [4.69, 9.17) is 27.9 Å². The largest absolute Gasteiger partial charge is 0.444 e. The molecule has 0 unspecified atom stereocenters. The highest BCUT2D eigenvalue weighted by Gasteiger charge is 2.24. The first-order chi connectivity index (χ1) is 20.7. The molecule has 4 aromatic rings. The van der Waals surface area contributed by atoms with Crippen LogP contribution in [0.5, 0.6) is 0 Å². The average molecular weight is 654 g/mol. The Morgan fingerprint density at radius 2 is 1.52 bits per heavy atom. The van der Waals surface area contributed by atoms with Crippen molar-refractivity contribution in [3.05, 3.63) is 93.3 Å². The van der Waals surface area contributed by atoms with E-state index in [-0.39, 0.29) is 6.54 Å². The number of rotatable bonds is 9. The van der Waals surface area contributed by atoms with E-state index in [9.17, 15) is 14.4 Å². The van der Waals surface area contributed by atoms with E-state index in [2.05, 4.69) is 20.9 Å². The minimum Gasteiger partial charge on any atom is -0.444 e. The molecule has 230 valence electrons. The van der Waals surface area contributed by atoms with E-state index in [1.54, 1.807) is 45.0 Å². The predicted octanol–water partition coefficient (Wildman–Crippen LogP) is 7.95. The molecule has 0 aliphatic carbocycles. The lowest BCUT2D eigenvalue weighted by atomic mass is 9.84. The van der Waals surface area contributed by atoms with Crippen molar-refractivity contribution in [1.29, 1.82) is 0 Å². The third-order valence-electron chi connectivity index (χ3n) is 6.49. The molecule has 3 amide bonds. The Labute approximate surface area is 271 Å². The number of nitrogens with one attached hydrogen (secondary N) is 3. The van der Waals surface area contributed by atoms with E-state index in [1.807, 2.05) is 61.7 Å². The van der Waals surface area contributed by atoms with E-state index >= 15 is 0 Å². The summed E-state index contributed by atoms with van der Waals surface area (Å²) in [7, 11) is 0. The van der Waals surface area contributed by atoms with Crippen LogP contribution in [-0.4, -0.2) is 41.6 Å². The molecule has 0 aliphatic heterocycles. The number of halogens is 2. The minimum atomic E-state index is -0.597. The van der Waals surface area contributed by atoms with Crippen LogP contribution < -0.4 is 16.0 Å². The Morgan fingerprint density at radius 3 is 2.23 bits per heavy atom. The second-order valence-corrected chi connectivity index (χ2v) is 13.6. The first kappa shape index (κ1) is 33.0. The van der Waals surface area contributed by atoms with Crippen molar-refractivity contribution >= 4 is 57.6 Å². The number of amides is 3. The number of aromatic nitrogens is 1. The van der Waals surface area contributed by atoms with Crippen molar-refractivity contribution in [2.45, 2.75) is 45.6 Å². The molecule has 3 aromatic carbocycles. The van der Waals surface area contributed by atoms with Crippen LogP contribution in [0.2, 0.25) is 10.0 Å². The normalized spacial score (nSPS) is 11.5. The molecule has 0 spiro atoms. The predicted molar refractivity (Wildman–Crippen MR) is 178 cm³/mol. The molecular weight excluding hydrogens is 619 g/mol. The quantitative estimate of drug-likeness (QED) is 0.170. The number of ether oxygens (including phenoxy) is 1. The van der Waals surface area contributed by atoms with Gasteiger partial charge in [-0.1, -0.05) is 67.4 Å². The zero-order chi connectivity index (χ0) is 32.1. The summed E-state index contributed by atoms with van der Waals surface area (Å²) in [6.07, 6.45) is -0.505. The van der Waals surface area contributed by atoms with Crippen LogP contribution in [0, 0.1) is 0 Å². The summed E-state index contributed by atoms with van der Waals surface area (Å²) in [4.78, 5) is 42.2. The highest BCUT2D eigenvalue weighted by molar-refractivity contribution is 7.14. The fourth-order valence-electron chi connectivity index (χ4n) is 4.26.